The first-order valence-corrected chi connectivity index (χ1v) is 10.5. The van der Waals surface area contributed by atoms with Crippen molar-refractivity contribution in [3.05, 3.63) is 58.7 Å². The zero-order chi connectivity index (χ0) is 22.8. The van der Waals surface area contributed by atoms with Gasteiger partial charge in [-0.15, -0.1) is 0 Å². The highest BCUT2D eigenvalue weighted by atomic mass is 35.5. The lowest BCUT2D eigenvalue weighted by Crippen LogP contribution is -2.25. The van der Waals surface area contributed by atoms with Gasteiger partial charge in [0.15, 0.2) is 17.3 Å². The minimum Gasteiger partial charge on any atom is -0.497 e. The first-order chi connectivity index (χ1) is 15.4. The van der Waals surface area contributed by atoms with Gasteiger partial charge in [0.05, 0.1) is 45.1 Å². The molecule has 1 aromatic heterocycles. The van der Waals surface area contributed by atoms with Gasteiger partial charge in [-0.2, -0.15) is 5.10 Å². The molecule has 166 valence electrons. The third kappa shape index (κ3) is 4.21. The van der Waals surface area contributed by atoms with Crippen molar-refractivity contribution in [2.75, 3.05) is 27.9 Å². The largest absolute Gasteiger partial charge is 0.497 e. The molecular weight excluding hydrogens is 430 g/mol. The van der Waals surface area contributed by atoms with Crippen LogP contribution in [0.3, 0.4) is 0 Å². The third-order valence-corrected chi connectivity index (χ3v) is 5.76. The molecule has 2 aromatic carbocycles. The quantitative estimate of drug-likeness (QED) is 0.485. The van der Waals surface area contributed by atoms with Crippen LogP contribution in [0.4, 0.5) is 0 Å². The Morgan fingerprint density at radius 3 is 2.53 bits per heavy atom. The number of carbonyl (C=O) groups is 1. The SMILES string of the molecule is COc1ccc2nc(Cl)c(C3CC(c4ccc(OC)c(OC)c4)=NN3CC(C)=O)cc2c1. The van der Waals surface area contributed by atoms with Crippen molar-refractivity contribution < 1.29 is 19.0 Å². The summed E-state index contributed by atoms with van der Waals surface area (Å²) in [5, 5.41) is 7.85. The van der Waals surface area contributed by atoms with Crippen LogP contribution in [0, 0.1) is 0 Å². The lowest BCUT2D eigenvalue weighted by molar-refractivity contribution is -0.118. The summed E-state index contributed by atoms with van der Waals surface area (Å²) in [5.74, 6) is 2.01. The summed E-state index contributed by atoms with van der Waals surface area (Å²) in [6.07, 6.45) is 0.569. The van der Waals surface area contributed by atoms with Gasteiger partial charge < -0.3 is 14.2 Å². The number of benzene rings is 2. The molecule has 32 heavy (non-hydrogen) atoms. The number of aromatic nitrogens is 1. The molecule has 4 rings (SSSR count). The van der Waals surface area contributed by atoms with Crippen LogP contribution in [0.5, 0.6) is 17.2 Å². The molecule has 1 atom stereocenters. The fourth-order valence-electron chi connectivity index (χ4n) is 3.90. The van der Waals surface area contributed by atoms with E-state index >= 15 is 0 Å². The van der Waals surface area contributed by atoms with Crippen molar-refractivity contribution in [3.8, 4) is 17.2 Å². The number of hydrogen-bond acceptors (Lipinski definition) is 7. The van der Waals surface area contributed by atoms with Crippen LogP contribution < -0.4 is 14.2 Å². The lowest BCUT2D eigenvalue weighted by atomic mass is 9.98. The van der Waals surface area contributed by atoms with Crippen LogP contribution in [0.15, 0.2) is 47.6 Å². The maximum Gasteiger partial charge on any atom is 0.161 e. The second kappa shape index (κ2) is 9.04. The average molecular weight is 454 g/mol. The molecule has 0 saturated heterocycles. The number of hydrazone groups is 1. The van der Waals surface area contributed by atoms with Gasteiger partial charge in [-0.1, -0.05) is 11.6 Å². The minimum absolute atomic E-state index is 0.0128. The van der Waals surface area contributed by atoms with E-state index in [4.69, 9.17) is 30.9 Å². The highest BCUT2D eigenvalue weighted by molar-refractivity contribution is 6.30. The molecule has 7 nitrogen and oxygen atoms in total. The molecule has 8 heteroatoms. The van der Waals surface area contributed by atoms with Gasteiger partial charge >= 0.3 is 0 Å². The molecule has 0 radical (unpaired) electrons. The number of ether oxygens (including phenoxy) is 3. The zero-order valence-electron chi connectivity index (χ0n) is 18.4. The summed E-state index contributed by atoms with van der Waals surface area (Å²) in [7, 11) is 4.82. The van der Waals surface area contributed by atoms with Gasteiger partial charge in [0, 0.05) is 22.9 Å². The monoisotopic (exact) mass is 453 g/mol. The van der Waals surface area contributed by atoms with E-state index in [2.05, 4.69) is 4.98 Å². The number of methoxy groups -OCH3 is 3. The van der Waals surface area contributed by atoms with Gasteiger partial charge in [-0.05, 0) is 49.4 Å². The Balaban J connectivity index is 1.74. The van der Waals surface area contributed by atoms with Gasteiger partial charge in [0.2, 0.25) is 0 Å². The molecule has 1 aliphatic heterocycles. The number of carbonyl (C=O) groups excluding carboxylic acids is 1. The van der Waals surface area contributed by atoms with Gasteiger partial charge in [-0.3, -0.25) is 9.80 Å². The Morgan fingerprint density at radius 1 is 1.06 bits per heavy atom. The number of ketones is 1. The Morgan fingerprint density at radius 2 is 1.84 bits per heavy atom. The molecule has 2 heterocycles. The number of pyridine rings is 1. The summed E-state index contributed by atoms with van der Waals surface area (Å²) < 4.78 is 16.1. The van der Waals surface area contributed by atoms with E-state index < -0.39 is 0 Å². The molecule has 0 bridgehead atoms. The van der Waals surface area contributed by atoms with Crippen molar-refractivity contribution in [3.63, 3.8) is 0 Å². The van der Waals surface area contributed by atoms with Crippen LogP contribution in [-0.2, 0) is 4.79 Å². The van der Waals surface area contributed by atoms with E-state index in [1.54, 1.807) is 33.3 Å². The summed E-state index contributed by atoms with van der Waals surface area (Å²) in [6.45, 7) is 1.72. The number of hydrogen-bond donors (Lipinski definition) is 0. The van der Waals surface area contributed by atoms with E-state index in [9.17, 15) is 4.79 Å². The van der Waals surface area contributed by atoms with Crippen molar-refractivity contribution in [2.24, 2.45) is 5.10 Å². The zero-order valence-corrected chi connectivity index (χ0v) is 19.1. The smallest absolute Gasteiger partial charge is 0.161 e. The predicted octanol–water partition coefficient (Wildman–Crippen LogP) is 4.65. The summed E-state index contributed by atoms with van der Waals surface area (Å²) in [6, 6.07) is 13.1. The van der Waals surface area contributed by atoms with Crippen LogP contribution in [0.1, 0.15) is 30.5 Å². The van der Waals surface area contributed by atoms with Gasteiger partial charge in [-0.25, -0.2) is 4.98 Å². The third-order valence-electron chi connectivity index (χ3n) is 5.46. The highest BCUT2D eigenvalue weighted by Crippen LogP contribution is 2.38. The lowest BCUT2D eigenvalue weighted by Gasteiger charge is -2.23. The molecule has 0 fully saturated rings. The van der Waals surface area contributed by atoms with E-state index in [-0.39, 0.29) is 18.4 Å². The van der Waals surface area contributed by atoms with Crippen LogP contribution in [0.25, 0.3) is 10.9 Å². The maximum atomic E-state index is 12.0. The minimum atomic E-state index is -0.224. The van der Waals surface area contributed by atoms with Gasteiger partial charge in [0.25, 0.3) is 0 Å². The molecule has 3 aromatic rings. The Labute approximate surface area is 191 Å². The number of halogens is 1. The van der Waals surface area contributed by atoms with E-state index in [0.29, 0.717) is 23.1 Å². The number of fused-ring (bicyclic) bond motifs is 1. The molecule has 0 aliphatic carbocycles. The van der Waals surface area contributed by atoms with Crippen molar-refractivity contribution >= 4 is 34.0 Å². The fraction of sp³-hybridized carbons (Fsp3) is 0.292. The molecule has 0 saturated carbocycles. The second-order valence-corrected chi connectivity index (χ2v) is 7.92. The topological polar surface area (TPSA) is 73.2 Å². The summed E-state index contributed by atoms with van der Waals surface area (Å²) in [4.78, 5) is 16.5. The molecule has 0 amide bonds. The standard InChI is InChI=1S/C24H24ClN3O4/c1-14(29)13-28-21(12-20(27-28)15-5-8-22(31-3)23(11-15)32-4)18-10-16-9-17(30-2)6-7-19(16)26-24(18)25/h5-11,21H,12-13H2,1-4H3. The maximum absolute atomic E-state index is 12.0. The van der Waals surface area contributed by atoms with Crippen molar-refractivity contribution in [1.82, 2.24) is 9.99 Å². The second-order valence-electron chi connectivity index (χ2n) is 7.56. The molecule has 0 spiro atoms. The normalized spacial score (nSPS) is 15.6. The predicted molar refractivity (Wildman–Crippen MR) is 124 cm³/mol. The van der Waals surface area contributed by atoms with Crippen LogP contribution in [-0.4, -0.2) is 49.4 Å². The van der Waals surface area contributed by atoms with E-state index in [0.717, 1.165) is 33.5 Å². The summed E-state index contributed by atoms with van der Waals surface area (Å²) >= 11 is 6.60. The number of rotatable bonds is 7. The fourth-order valence-corrected chi connectivity index (χ4v) is 4.17. The molecule has 1 unspecified atom stereocenters. The first kappa shape index (κ1) is 21.9. The van der Waals surface area contributed by atoms with Crippen molar-refractivity contribution in [1.29, 1.82) is 0 Å². The van der Waals surface area contributed by atoms with Gasteiger partial charge in [0.1, 0.15) is 10.9 Å². The first-order valence-electron chi connectivity index (χ1n) is 10.1. The Kier molecular flexibility index (Phi) is 6.19. The van der Waals surface area contributed by atoms with E-state index in [1.807, 2.05) is 42.5 Å². The molecular formula is C24H24ClN3O4. The van der Waals surface area contributed by atoms with Crippen molar-refractivity contribution in [2.45, 2.75) is 19.4 Å². The molecule has 0 N–H and O–H groups in total. The molecule has 1 aliphatic rings. The number of Topliss-reactive ketones (excluding diaryl/α,β-unsaturated/α-hetero) is 1. The van der Waals surface area contributed by atoms with E-state index in [1.165, 1.54) is 0 Å². The Bertz CT molecular complexity index is 1210. The Hall–Kier alpha value is -3.32. The highest BCUT2D eigenvalue weighted by Gasteiger charge is 2.32. The summed E-state index contributed by atoms with van der Waals surface area (Å²) in [5.41, 5.74) is 3.31. The average Bonchev–Trinajstić information content (AvgIpc) is 3.20. The van der Waals surface area contributed by atoms with Crippen LogP contribution >= 0.6 is 11.6 Å². The van der Waals surface area contributed by atoms with Crippen LogP contribution in [0.2, 0.25) is 5.15 Å². The number of nitrogens with zero attached hydrogens (tertiary/aromatic N) is 3.